The molecule has 0 N–H and O–H groups in total. The van der Waals surface area contributed by atoms with Gasteiger partial charge in [-0.3, -0.25) is 0 Å². The SMILES string of the molecule is [CH]=C(C)c1ccc(C2=CCCCC2)cc1. The summed E-state index contributed by atoms with van der Waals surface area (Å²) in [6, 6.07) is 8.59. The Balaban J connectivity index is 2.23. The lowest BCUT2D eigenvalue weighted by Gasteiger charge is -2.13. The van der Waals surface area contributed by atoms with Crippen molar-refractivity contribution in [3.63, 3.8) is 0 Å². The fourth-order valence-corrected chi connectivity index (χ4v) is 2.05. The van der Waals surface area contributed by atoms with Gasteiger partial charge >= 0.3 is 0 Å². The number of hydrogen-bond donors (Lipinski definition) is 0. The predicted octanol–water partition coefficient (Wildman–Crippen LogP) is 4.48. The van der Waals surface area contributed by atoms with Crippen LogP contribution in [0.15, 0.2) is 30.3 Å². The minimum absolute atomic E-state index is 0.888. The lowest BCUT2D eigenvalue weighted by molar-refractivity contribution is 0.742. The summed E-state index contributed by atoms with van der Waals surface area (Å²) in [5, 5.41) is 0. The zero-order valence-corrected chi connectivity index (χ0v) is 9.29. The maximum Gasteiger partial charge on any atom is -0.0227 e. The van der Waals surface area contributed by atoms with E-state index in [9.17, 15) is 0 Å². The van der Waals surface area contributed by atoms with Crippen molar-refractivity contribution in [2.75, 3.05) is 0 Å². The van der Waals surface area contributed by atoms with Crippen molar-refractivity contribution in [2.45, 2.75) is 32.6 Å². The standard InChI is InChI=1S/C15H17/c1-12(2)13-8-10-15(11-9-13)14-6-4-3-5-7-14/h1,6,8-11H,3-5,7H2,2H3. The Labute approximate surface area is 92.3 Å². The summed E-state index contributed by atoms with van der Waals surface area (Å²) in [7, 11) is 0. The Bertz CT molecular complexity index is 379. The summed E-state index contributed by atoms with van der Waals surface area (Å²) < 4.78 is 0. The van der Waals surface area contributed by atoms with Gasteiger partial charge in [-0.2, -0.15) is 0 Å². The van der Waals surface area contributed by atoms with E-state index in [-0.39, 0.29) is 0 Å². The largest absolute Gasteiger partial charge is 0.0807 e. The van der Waals surface area contributed by atoms with E-state index in [1.807, 2.05) is 6.92 Å². The number of rotatable bonds is 2. The van der Waals surface area contributed by atoms with Crippen molar-refractivity contribution >= 4 is 11.1 Å². The highest BCUT2D eigenvalue weighted by Crippen LogP contribution is 2.27. The lowest BCUT2D eigenvalue weighted by Crippen LogP contribution is -1.91. The van der Waals surface area contributed by atoms with E-state index in [0.717, 1.165) is 11.1 Å². The van der Waals surface area contributed by atoms with Gasteiger partial charge in [0, 0.05) is 0 Å². The van der Waals surface area contributed by atoms with E-state index in [1.54, 1.807) is 0 Å². The van der Waals surface area contributed by atoms with Crippen LogP contribution in [-0.2, 0) is 0 Å². The molecule has 0 unspecified atom stereocenters. The fraction of sp³-hybridized carbons (Fsp3) is 0.333. The third-order valence-corrected chi connectivity index (χ3v) is 3.00. The smallest absolute Gasteiger partial charge is 0.0227 e. The van der Waals surface area contributed by atoms with Crippen LogP contribution in [0.4, 0.5) is 0 Å². The molecule has 0 bridgehead atoms. The fourth-order valence-electron chi connectivity index (χ4n) is 2.05. The van der Waals surface area contributed by atoms with Crippen molar-refractivity contribution < 1.29 is 0 Å². The van der Waals surface area contributed by atoms with E-state index in [1.165, 1.54) is 36.8 Å². The monoisotopic (exact) mass is 197 g/mol. The van der Waals surface area contributed by atoms with Crippen molar-refractivity contribution in [1.82, 2.24) is 0 Å². The van der Waals surface area contributed by atoms with Crippen LogP contribution in [-0.4, -0.2) is 0 Å². The van der Waals surface area contributed by atoms with Crippen LogP contribution in [0.25, 0.3) is 11.1 Å². The first-order valence-corrected chi connectivity index (χ1v) is 5.66. The van der Waals surface area contributed by atoms with Crippen LogP contribution in [0.1, 0.15) is 43.7 Å². The molecule has 0 nitrogen and oxygen atoms in total. The molecule has 1 aliphatic carbocycles. The van der Waals surface area contributed by atoms with Crippen molar-refractivity contribution in [1.29, 1.82) is 0 Å². The molecule has 15 heavy (non-hydrogen) atoms. The molecule has 0 atom stereocenters. The third-order valence-electron chi connectivity index (χ3n) is 3.00. The molecule has 0 spiro atoms. The van der Waals surface area contributed by atoms with Crippen molar-refractivity contribution in [3.8, 4) is 0 Å². The molecule has 0 heterocycles. The van der Waals surface area contributed by atoms with Crippen LogP contribution < -0.4 is 0 Å². The average Bonchev–Trinajstić information content (AvgIpc) is 2.30. The van der Waals surface area contributed by atoms with E-state index >= 15 is 0 Å². The second-order valence-electron chi connectivity index (χ2n) is 4.24. The van der Waals surface area contributed by atoms with E-state index in [2.05, 4.69) is 30.3 Å². The maximum atomic E-state index is 5.74. The molecular formula is C15H17. The molecule has 77 valence electrons. The lowest BCUT2D eigenvalue weighted by atomic mass is 9.93. The highest BCUT2D eigenvalue weighted by atomic mass is 14.1. The van der Waals surface area contributed by atoms with E-state index < -0.39 is 0 Å². The first-order chi connectivity index (χ1) is 7.27. The van der Waals surface area contributed by atoms with Crippen molar-refractivity contribution in [3.05, 3.63) is 48.0 Å². The molecular weight excluding hydrogens is 180 g/mol. The second-order valence-corrected chi connectivity index (χ2v) is 4.24. The van der Waals surface area contributed by atoms with Gasteiger partial charge in [-0.1, -0.05) is 36.9 Å². The predicted molar refractivity (Wildman–Crippen MR) is 66.3 cm³/mol. The van der Waals surface area contributed by atoms with Gasteiger partial charge in [0.2, 0.25) is 0 Å². The summed E-state index contributed by atoms with van der Waals surface area (Å²) in [5.41, 5.74) is 4.89. The summed E-state index contributed by atoms with van der Waals surface area (Å²) >= 11 is 0. The first-order valence-electron chi connectivity index (χ1n) is 5.66. The third kappa shape index (κ3) is 2.38. The van der Waals surface area contributed by atoms with Crippen LogP contribution in [0.2, 0.25) is 0 Å². The van der Waals surface area contributed by atoms with Gasteiger partial charge in [0.05, 0.1) is 0 Å². The molecule has 0 amide bonds. The molecule has 0 aliphatic heterocycles. The Morgan fingerprint density at radius 1 is 1.13 bits per heavy atom. The number of hydrogen-bond acceptors (Lipinski definition) is 0. The van der Waals surface area contributed by atoms with E-state index in [4.69, 9.17) is 6.58 Å². The van der Waals surface area contributed by atoms with Gasteiger partial charge in [-0.15, -0.1) is 0 Å². The molecule has 1 aromatic carbocycles. The molecule has 1 aliphatic rings. The molecule has 0 saturated carbocycles. The molecule has 0 saturated heterocycles. The zero-order valence-electron chi connectivity index (χ0n) is 9.29. The summed E-state index contributed by atoms with van der Waals surface area (Å²) in [6.07, 6.45) is 7.51. The number of allylic oxidation sites excluding steroid dienone is 3. The van der Waals surface area contributed by atoms with Crippen LogP contribution in [0.3, 0.4) is 0 Å². The Hall–Kier alpha value is -1.30. The van der Waals surface area contributed by atoms with Crippen LogP contribution >= 0.6 is 0 Å². The van der Waals surface area contributed by atoms with Crippen LogP contribution in [0.5, 0.6) is 0 Å². The Morgan fingerprint density at radius 2 is 1.87 bits per heavy atom. The van der Waals surface area contributed by atoms with Gasteiger partial charge in [-0.05, 0) is 54.9 Å². The second kappa shape index (κ2) is 4.48. The van der Waals surface area contributed by atoms with E-state index in [0.29, 0.717) is 0 Å². The summed E-state index contributed by atoms with van der Waals surface area (Å²) in [5.74, 6) is 0. The van der Waals surface area contributed by atoms with Gasteiger partial charge in [-0.25, -0.2) is 0 Å². The van der Waals surface area contributed by atoms with Gasteiger partial charge in [0.25, 0.3) is 0 Å². The highest BCUT2D eigenvalue weighted by molar-refractivity contribution is 5.69. The molecule has 0 heteroatoms. The van der Waals surface area contributed by atoms with Gasteiger partial charge in [0.15, 0.2) is 0 Å². The summed E-state index contributed by atoms with van der Waals surface area (Å²) in [6.45, 7) is 7.68. The molecule has 1 aromatic rings. The minimum atomic E-state index is 0.888. The quantitative estimate of drug-likeness (QED) is 0.655. The zero-order chi connectivity index (χ0) is 10.7. The topological polar surface area (TPSA) is 0 Å². The van der Waals surface area contributed by atoms with Crippen LogP contribution in [0, 0.1) is 6.58 Å². The maximum absolute atomic E-state index is 5.74. The average molecular weight is 197 g/mol. The minimum Gasteiger partial charge on any atom is -0.0807 e. The normalized spacial score (nSPS) is 15.9. The molecule has 0 aromatic heterocycles. The summed E-state index contributed by atoms with van der Waals surface area (Å²) in [4.78, 5) is 0. The molecule has 1 radical (unpaired) electrons. The van der Waals surface area contributed by atoms with Gasteiger partial charge < -0.3 is 0 Å². The highest BCUT2D eigenvalue weighted by Gasteiger charge is 2.05. The van der Waals surface area contributed by atoms with Crippen molar-refractivity contribution in [2.24, 2.45) is 0 Å². The Kier molecular flexibility index (Phi) is 3.05. The first kappa shape index (κ1) is 10.2. The molecule has 0 fully saturated rings. The number of benzene rings is 1. The van der Waals surface area contributed by atoms with Gasteiger partial charge in [0.1, 0.15) is 0 Å². The Morgan fingerprint density at radius 3 is 2.40 bits per heavy atom. The molecule has 2 rings (SSSR count).